The lowest BCUT2D eigenvalue weighted by Gasteiger charge is -2.22. The van der Waals surface area contributed by atoms with Gasteiger partial charge in [-0.2, -0.15) is 0 Å². The molecule has 0 N–H and O–H groups in total. The molecule has 10 rings (SSSR count). The van der Waals surface area contributed by atoms with Crippen molar-refractivity contribution in [3.05, 3.63) is 157 Å². The van der Waals surface area contributed by atoms with Crippen LogP contribution in [0.2, 0.25) is 0 Å². The summed E-state index contributed by atoms with van der Waals surface area (Å²) in [5.74, 6) is 0. The van der Waals surface area contributed by atoms with Crippen molar-refractivity contribution in [2.24, 2.45) is 0 Å². The first kappa shape index (κ1) is 10.6. The van der Waals surface area contributed by atoms with Crippen LogP contribution in [0.15, 0.2) is 167 Å². The molecule has 1 heterocycles. The van der Waals surface area contributed by atoms with Gasteiger partial charge in [-0.15, -0.1) is 0 Å². The zero-order valence-electron chi connectivity index (χ0n) is 48.4. The molecule has 0 bridgehead atoms. The second-order valence-corrected chi connectivity index (χ2v) is 11.0. The summed E-state index contributed by atoms with van der Waals surface area (Å²) in [5.41, 5.74) is -4.87. The molecule has 1 aliphatic heterocycles. The number of hydrogen-bond donors (Lipinski definition) is 0. The molecule has 9 aromatic rings. The number of hydrogen-bond acceptors (Lipinski definition) is 1. The van der Waals surface area contributed by atoms with Crippen LogP contribution in [-0.4, -0.2) is 0 Å². The minimum Gasteiger partial charge on any atom is -0.0888 e. The maximum atomic E-state index is 9.78. The Morgan fingerprint density at radius 2 is 0.956 bits per heavy atom. The van der Waals surface area contributed by atoms with Crippen molar-refractivity contribution in [1.29, 1.82) is 0 Å². The standard InChI is InChI=1S/C44H26S/c1-2-7-27(8-3-1)34-22-24-41-44-36(34)13-6-14-37(44)39-26-32(19-23-40(39)45-41)31-11-5-12-33(25-31)35-20-17-30-16-15-28-9-4-10-29-18-21-38(35)43(30)42(28)29/h1-26H/i1D,2D,3D,4D,5D,6D,7D,8D,9D,10D,11D,12D,13D,14D,15D,16D,17D,18D,19D,20D,21D,22D,23D,24D,25D,26D. The Labute approximate surface area is 302 Å². The van der Waals surface area contributed by atoms with Gasteiger partial charge in [0.1, 0.15) is 0 Å². The fourth-order valence-corrected chi connectivity index (χ4v) is 6.58. The van der Waals surface area contributed by atoms with Crippen molar-refractivity contribution >= 4 is 54.9 Å². The van der Waals surface area contributed by atoms with E-state index in [4.69, 9.17) is 24.7 Å². The molecule has 0 spiro atoms. The van der Waals surface area contributed by atoms with E-state index in [0.717, 1.165) is 0 Å². The minimum absolute atomic E-state index is 0.201. The predicted molar refractivity (Wildman–Crippen MR) is 194 cm³/mol. The van der Waals surface area contributed by atoms with Crippen LogP contribution in [-0.2, 0) is 0 Å². The Bertz CT molecular complexity index is 4030. The van der Waals surface area contributed by atoms with Crippen molar-refractivity contribution in [1.82, 2.24) is 0 Å². The van der Waals surface area contributed by atoms with E-state index in [2.05, 4.69) is 0 Å². The zero-order chi connectivity index (χ0) is 52.1. The van der Waals surface area contributed by atoms with Crippen LogP contribution in [0.5, 0.6) is 0 Å². The van der Waals surface area contributed by atoms with Crippen molar-refractivity contribution in [2.45, 2.75) is 9.79 Å². The zero-order valence-corrected chi connectivity index (χ0v) is 23.2. The average Bonchev–Trinajstić information content (AvgIpc) is 3.33. The van der Waals surface area contributed by atoms with Crippen LogP contribution in [0.3, 0.4) is 0 Å². The van der Waals surface area contributed by atoms with Gasteiger partial charge >= 0.3 is 0 Å². The Balaban J connectivity index is 1.36. The number of benzene rings is 9. The summed E-state index contributed by atoms with van der Waals surface area (Å²) >= 11 is 0.576. The smallest absolute Gasteiger partial charge is 0.0636 e. The van der Waals surface area contributed by atoms with Crippen LogP contribution >= 0.6 is 11.8 Å². The van der Waals surface area contributed by atoms with Crippen molar-refractivity contribution < 1.29 is 35.6 Å². The van der Waals surface area contributed by atoms with Gasteiger partial charge in [0.2, 0.25) is 0 Å². The highest BCUT2D eigenvalue weighted by Gasteiger charge is 2.21. The summed E-state index contributed by atoms with van der Waals surface area (Å²) in [4.78, 5) is -0.486. The first-order valence-corrected chi connectivity index (χ1v) is 14.2. The van der Waals surface area contributed by atoms with Crippen LogP contribution in [0, 0.1) is 0 Å². The third-order valence-corrected chi connectivity index (χ3v) is 8.59. The largest absolute Gasteiger partial charge is 0.0888 e. The lowest BCUT2D eigenvalue weighted by molar-refractivity contribution is 1.39. The normalized spacial score (nSPS) is 20.4. The molecule has 0 saturated heterocycles. The van der Waals surface area contributed by atoms with Crippen LogP contribution < -0.4 is 0 Å². The maximum Gasteiger partial charge on any atom is 0.0636 e. The number of fused-ring (bicyclic) bond motifs is 2. The van der Waals surface area contributed by atoms with E-state index in [-0.39, 0.29) is 36.7 Å². The van der Waals surface area contributed by atoms with E-state index in [1.54, 1.807) is 0 Å². The molecule has 45 heavy (non-hydrogen) atoms. The van der Waals surface area contributed by atoms with E-state index in [1.165, 1.54) is 0 Å². The highest BCUT2D eigenvalue weighted by molar-refractivity contribution is 7.99. The summed E-state index contributed by atoms with van der Waals surface area (Å²) in [6.45, 7) is 0. The molecule has 0 saturated carbocycles. The molecule has 0 aliphatic carbocycles. The second kappa shape index (κ2) is 9.56. The summed E-state index contributed by atoms with van der Waals surface area (Å²) in [6.07, 6.45) is 0. The second-order valence-electron chi connectivity index (χ2n) is 10.0. The summed E-state index contributed by atoms with van der Waals surface area (Å²) in [6, 6.07) is -20.8. The molecule has 0 atom stereocenters. The quantitative estimate of drug-likeness (QED) is 0.179. The highest BCUT2D eigenvalue weighted by Crippen LogP contribution is 2.50. The van der Waals surface area contributed by atoms with Crippen molar-refractivity contribution in [2.75, 3.05) is 0 Å². The van der Waals surface area contributed by atoms with Gasteiger partial charge in [-0.05, 0) is 106 Å². The van der Waals surface area contributed by atoms with Crippen LogP contribution in [0.1, 0.15) is 35.6 Å². The van der Waals surface area contributed by atoms with E-state index >= 15 is 0 Å². The van der Waals surface area contributed by atoms with Gasteiger partial charge in [0.15, 0.2) is 0 Å². The van der Waals surface area contributed by atoms with Crippen LogP contribution in [0.25, 0.3) is 87.6 Å². The molecular weight excluding hydrogens is 561 g/mol. The minimum atomic E-state index is -0.987. The molecule has 9 aromatic carbocycles. The van der Waals surface area contributed by atoms with Gasteiger partial charge in [-0.25, -0.2) is 0 Å². The predicted octanol–water partition coefficient (Wildman–Crippen LogP) is 12.9. The molecule has 0 radical (unpaired) electrons. The maximum absolute atomic E-state index is 9.78. The van der Waals surface area contributed by atoms with E-state index in [0.29, 0.717) is 11.8 Å². The summed E-state index contributed by atoms with van der Waals surface area (Å²) in [7, 11) is 0. The first-order chi connectivity index (χ1) is 33.2. The Morgan fingerprint density at radius 1 is 0.333 bits per heavy atom. The van der Waals surface area contributed by atoms with E-state index < -0.39 is 218 Å². The van der Waals surface area contributed by atoms with Gasteiger partial charge in [-0.1, -0.05) is 145 Å². The molecule has 0 amide bonds. The topological polar surface area (TPSA) is 0 Å². The Kier molecular flexibility index (Phi) is 2.26. The lowest BCUT2D eigenvalue weighted by atomic mass is 9.88. The summed E-state index contributed by atoms with van der Waals surface area (Å²) in [5, 5.41) is -2.90. The van der Waals surface area contributed by atoms with Crippen LogP contribution in [0.4, 0.5) is 0 Å². The highest BCUT2D eigenvalue weighted by atomic mass is 32.2. The Morgan fingerprint density at radius 3 is 1.84 bits per heavy atom. The van der Waals surface area contributed by atoms with E-state index in [9.17, 15) is 11.0 Å². The van der Waals surface area contributed by atoms with Gasteiger partial charge in [0.05, 0.1) is 35.6 Å². The SMILES string of the molecule is [2H]c1c([2H])c([2H])c(-c2c([2H])c([2H])c3c4c(c([2H])c([2H])c([2H])c24)-c2c([2H])c(-c4c([2H])c([2H])c([2H])c(-c5c([2H])c([2H])c6c([2H])c([2H])c7c([2H])c([2H])c([2H])c8c([2H])c([2H])c5c6c78)c4[2H])c([2H])c([2H])c2S3)c([2H])c1[2H]. The molecule has 0 fully saturated rings. The van der Waals surface area contributed by atoms with Crippen molar-refractivity contribution in [3.8, 4) is 44.5 Å². The molecule has 0 nitrogen and oxygen atoms in total. The van der Waals surface area contributed by atoms with Gasteiger partial charge in [0.25, 0.3) is 0 Å². The molecular formula is C44H26S. The molecule has 0 aromatic heterocycles. The molecule has 0 unspecified atom stereocenters. The molecule has 1 heteroatoms. The van der Waals surface area contributed by atoms with E-state index in [1.807, 2.05) is 0 Å². The summed E-state index contributed by atoms with van der Waals surface area (Å²) < 4.78 is 234. The average molecular weight is 613 g/mol. The van der Waals surface area contributed by atoms with Gasteiger partial charge in [0, 0.05) is 15.2 Å². The van der Waals surface area contributed by atoms with Gasteiger partial charge in [-0.3, -0.25) is 0 Å². The monoisotopic (exact) mass is 612 g/mol. The molecule has 208 valence electrons. The Hall–Kier alpha value is -5.37. The lowest BCUT2D eigenvalue weighted by Crippen LogP contribution is -1.95. The third kappa shape index (κ3) is 3.75. The van der Waals surface area contributed by atoms with Crippen molar-refractivity contribution in [3.63, 3.8) is 0 Å². The molecule has 1 aliphatic rings. The third-order valence-electron chi connectivity index (χ3n) is 7.57. The van der Waals surface area contributed by atoms with Gasteiger partial charge < -0.3 is 0 Å². The first-order valence-electron chi connectivity index (χ1n) is 26.4. The fraction of sp³-hybridized carbons (Fsp3) is 0. The fourth-order valence-electron chi connectivity index (χ4n) is 5.61. The number of rotatable bonds is 3.